The minimum atomic E-state index is -2.87. The summed E-state index contributed by atoms with van der Waals surface area (Å²) in [7, 11) is -2.87. The van der Waals surface area contributed by atoms with Crippen molar-refractivity contribution in [1.29, 1.82) is 0 Å². The van der Waals surface area contributed by atoms with Crippen LogP contribution < -0.4 is 4.74 Å². The first-order valence-electron chi connectivity index (χ1n) is 8.60. The van der Waals surface area contributed by atoms with Gasteiger partial charge in [-0.1, -0.05) is 11.6 Å². The molecule has 136 valence electrons. The zero-order chi connectivity index (χ0) is 17.6. The van der Waals surface area contributed by atoms with Crippen LogP contribution in [0.3, 0.4) is 0 Å². The van der Waals surface area contributed by atoms with Gasteiger partial charge in [0, 0.05) is 43.7 Å². The molecule has 0 bridgehead atoms. The van der Waals surface area contributed by atoms with Gasteiger partial charge in [-0.3, -0.25) is 9.69 Å². The molecule has 25 heavy (non-hydrogen) atoms. The number of nitrogens with zero attached hydrogens (tertiary/aromatic N) is 2. The molecule has 3 heterocycles. The minimum absolute atomic E-state index is 0.00557. The number of rotatable bonds is 2. The van der Waals surface area contributed by atoms with E-state index in [4.69, 9.17) is 16.3 Å². The molecule has 8 heteroatoms. The molecule has 6 nitrogen and oxygen atoms in total. The van der Waals surface area contributed by atoms with Crippen molar-refractivity contribution >= 4 is 27.3 Å². The van der Waals surface area contributed by atoms with Crippen LogP contribution in [0.5, 0.6) is 5.75 Å². The fraction of sp³-hybridized carbons (Fsp3) is 0.588. The highest BCUT2D eigenvalue weighted by Crippen LogP contribution is 2.32. The van der Waals surface area contributed by atoms with Crippen molar-refractivity contribution in [3.05, 3.63) is 28.8 Å². The van der Waals surface area contributed by atoms with Gasteiger partial charge >= 0.3 is 0 Å². The van der Waals surface area contributed by atoms with E-state index in [2.05, 4.69) is 4.90 Å². The Kier molecular flexibility index (Phi) is 4.42. The first-order chi connectivity index (χ1) is 11.9. The maximum absolute atomic E-state index is 12.7. The number of ether oxygens (including phenoxy) is 1. The van der Waals surface area contributed by atoms with Gasteiger partial charge in [-0.15, -0.1) is 0 Å². The van der Waals surface area contributed by atoms with E-state index < -0.39 is 15.9 Å². The summed E-state index contributed by atoms with van der Waals surface area (Å²) in [6, 6.07) is 5.53. The van der Waals surface area contributed by atoms with Crippen LogP contribution in [0.4, 0.5) is 0 Å². The smallest absolute Gasteiger partial charge is 0.264 e. The van der Waals surface area contributed by atoms with Crippen molar-refractivity contribution in [2.24, 2.45) is 0 Å². The number of benzene rings is 1. The fourth-order valence-electron chi connectivity index (χ4n) is 3.93. The zero-order valence-electron chi connectivity index (χ0n) is 13.9. The molecule has 0 aromatic heterocycles. The molecule has 0 saturated carbocycles. The van der Waals surface area contributed by atoms with Gasteiger partial charge in [0.05, 0.1) is 11.5 Å². The number of fused-ring (bicyclic) bond motifs is 1. The SMILES string of the molecule is O=C([C@H]1Cc2cc(Cl)ccc2O1)N1CCN([C@@H]2CCS(=O)(=O)C2)CC1. The van der Waals surface area contributed by atoms with Crippen molar-refractivity contribution in [3.8, 4) is 5.75 Å². The highest BCUT2D eigenvalue weighted by molar-refractivity contribution is 7.91. The Hall–Kier alpha value is -1.31. The van der Waals surface area contributed by atoms with E-state index >= 15 is 0 Å². The second-order valence-corrected chi connectivity index (χ2v) is 9.65. The summed E-state index contributed by atoms with van der Waals surface area (Å²) in [6.45, 7) is 2.67. The molecule has 3 aliphatic rings. The van der Waals surface area contributed by atoms with Crippen molar-refractivity contribution in [2.45, 2.75) is 25.0 Å². The van der Waals surface area contributed by atoms with Gasteiger partial charge in [-0.05, 0) is 30.2 Å². The number of sulfone groups is 1. The van der Waals surface area contributed by atoms with E-state index in [0.29, 0.717) is 31.0 Å². The average molecular weight is 385 g/mol. The molecule has 2 saturated heterocycles. The summed E-state index contributed by atoms with van der Waals surface area (Å²) >= 11 is 6.00. The molecule has 0 N–H and O–H groups in total. The number of carbonyl (C=O) groups excluding carboxylic acids is 1. The topological polar surface area (TPSA) is 66.9 Å². The van der Waals surface area contributed by atoms with Gasteiger partial charge in [0.25, 0.3) is 5.91 Å². The summed E-state index contributed by atoms with van der Waals surface area (Å²) in [6.07, 6.45) is 0.778. The lowest BCUT2D eigenvalue weighted by molar-refractivity contribution is -0.140. The molecule has 1 amide bonds. The summed E-state index contributed by atoms with van der Waals surface area (Å²) in [5.41, 5.74) is 0.973. The number of carbonyl (C=O) groups is 1. The van der Waals surface area contributed by atoms with E-state index in [-0.39, 0.29) is 23.5 Å². The summed E-state index contributed by atoms with van der Waals surface area (Å²) in [5.74, 6) is 1.28. The van der Waals surface area contributed by atoms with E-state index in [1.165, 1.54) is 0 Å². The first kappa shape index (κ1) is 17.1. The van der Waals surface area contributed by atoms with Crippen molar-refractivity contribution in [1.82, 2.24) is 9.80 Å². The van der Waals surface area contributed by atoms with Crippen molar-refractivity contribution < 1.29 is 17.9 Å². The second kappa shape index (κ2) is 6.45. The van der Waals surface area contributed by atoms with Gasteiger partial charge in [0.2, 0.25) is 0 Å². The third-order valence-corrected chi connectivity index (χ3v) is 7.31. The second-order valence-electron chi connectivity index (χ2n) is 6.98. The predicted molar refractivity (Wildman–Crippen MR) is 94.8 cm³/mol. The molecule has 0 unspecified atom stereocenters. The molecule has 4 rings (SSSR count). The highest BCUT2D eigenvalue weighted by Gasteiger charge is 2.37. The third kappa shape index (κ3) is 3.50. The predicted octanol–water partition coefficient (Wildman–Crippen LogP) is 0.975. The molecule has 2 atom stereocenters. The van der Waals surface area contributed by atoms with Crippen LogP contribution in [0.2, 0.25) is 5.02 Å². The Balaban J connectivity index is 1.33. The van der Waals surface area contributed by atoms with Crippen LogP contribution in [0, 0.1) is 0 Å². The maximum atomic E-state index is 12.7. The van der Waals surface area contributed by atoms with Gasteiger partial charge in [-0.25, -0.2) is 8.42 Å². The van der Waals surface area contributed by atoms with E-state index in [0.717, 1.165) is 24.4 Å². The van der Waals surface area contributed by atoms with Gasteiger partial charge in [0.15, 0.2) is 15.9 Å². The Labute approximate surface area is 152 Å². The standard InChI is InChI=1S/C17H21ClN2O4S/c18-13-1-2-15-12(9-13)10-16(24-15)17(21)20-6-4-19(5-7-20)14-3-8-25(22,23)11-14/h1-2,9,14,16H,3-8,10-11H2/t14-,16-/m1/s1. The summed E-state index contributed by atoms with van der Waals surface area (Å²) < 4.78 is 29.1. The zero-order valence-corrected chi connectivity index (χ0v) is 15.4. The number of hydrogen-bond acceptors (Lipinski definition) is 5. The third-order valence-electron chi connectivity index (χ3n) is 5.32. The van der Waals surface area contributed by atoms with Crippen LogP contribution in [0.15, 0.2) is 18.2 Å². The van der Waals surface area contributed by atoms with Gasteiger partial charge in [-0.2, -0.15) is 0 Å². The summed E-state index contributed by atoms with van der Waals surface area (Å²) in [5, 5.41) is 0.649. The van der Waals surface area contributed by atoms with E-state index in [1.807, 2.05) is 17.0 Å². The van der Waals surface area contributed by atoms with Crippen LogP contribution in [0.25, 0.3) is 0 Å². The lowest BCUT2D eigenvalue weighted by atomic mass is 10.1. The van der Waals surface area contributed by atoms with Crippen LogP contribution in [0.1, 0.15) is 12.0 Å². The molecular formula is C17H21ClN2O4S. The fourth-order valence-corrected chi connectivity index (χ4v) is 5.89. The molecule has 2 fully saturated rings. The molecule has 0 radical (unpaired) electrons. The van der Waals surface area contributed by atoms with Crippen LogP contribution in [-0.4, -0.2) is 74.0 Å². The van der Waals surface area contributed by atoms with E-state index in [9.17, 15) is 13.2 Å². The lowest BCUT2D eigenvalue weighted by Gasteiger charge is -2.38. The molecule has 0 spiro atoms. The monoisotopic (exact) mass is 384 g/mol. The normalized spacial score (nSPS) is 28.6. The first-order valence-corrected chi connectivity index (χ1v) is 10.8. The summed E-state index contributed by atoms with van der Waals surface area (Å²) in [4.78, 5) is 16.8. The van der Waals surface area contributed by atoms with Crippen molar-refractivity contribution in [3.63, 3.8) is 0 Å². The van der Waals surface area contributed by atoms with Crippen LogP contribution in [-0.2, 0) is 21.1 Å². The average Bonchev–Trinajstić information content (AvgIpc) is 3.17. The minimum Gasteiger partial charge on any atom is -0.480 e. The Morgan fingerprint density at radius 2 is 1.96 bits per heavy atom. The quantitative estimate of drug-likeness (QED) is 0.760. The number of hydrogen-bond donors (Lipinski definition) is 0. The molecule has 0 aliphatic carbocycles. The van der Waals surface area contributed by atoms with Gasteiger partial charge in [0.1, 0.15) is 5.75 Å². The Morgan fingerprint density at radius 3 is 2.64 bits per heavy atom. The molecule has 1 aromatic carbocycles. The molecular weight excluding hydrogens is 364 g/mol. The lowest BCUT2D eigenvalue weighted by Crippen LogP contribution is -2.54. The van der Waals surface area contributed by atoms with Crippen LogP contribution >= 0.6 is 11.6 Å². The largest absolute Gasteiger partial charge is 0.480 e. The highest BCUT2D eigenvalue weighted by atomic mass is 35.5. The number of piperazine rings is 1. The molecule has 3 aliphatic heterocycles. The Bertz CT molecular complexity index is 790. The van der Waals surface area contributed by atoms with Gasteiger partial charge < -0.3 is 9.64 Å². The van der Waals surface area contributed by atoms with Crippen molar-refractivity contribution in [2.75, 3.05) is 37.7 Å². The number of amides is 1. The molecule has 1 aromatic rings. The van der Waals surface area contributed by atoms with E-state index in [1.54, 1.807) is 6.07 Å². The maximum Gasteiger partial charge on any atom is 0.264 e. The Morgan fingerprint density at radius 1 is 1.20 bits per heavy atom. The number of halogens is 1.